The van der Waals surface area contributed by atoms with Crippen molar-refractivity contribution in [3.8, 4) is 18.1 Å². The monoisotopic (exact) mass is 562 g/mol. The predicted molar refractivity (Wildman–Crippen MR) is 173 cm³/mol. The fraction of sp³-hybridized carbons (Fsp3) is 0.389. The minimum Gasteiger partial charge on any atom is -0.492 e. The van der Waals surface area contributed by atoms with Crippen LogP contribution in [-0.2, 0) is 0 Å². The van der Waals surface area contributed by atoms with Crippen molar-refractivity contribution in [1.82, 2.24) is 9.97 Å². The maximum absolute atomic E-state index is 10.5. The molecular weight excluding hydrogens is 520 g/mol. The maximum atomic E-state index is 10.5. The Labute approximate surface area is 250 Å². The van der Waals surface area contributed by atoms with Gasteiger partial charge in [-0.25, -0.2) is 4.98 Å². The molecule has 1 fully saturated rings. The summed E-state index contributed by atoms with van der Waals surface area (Å²) in [5, 5.41) is 14.9. The number of ether oxygens (including phenoxy) is 1. The molecule has 1 saturated carbocycles. The highest BCUT2D eigenvalue weighted by atomic mass is 16.5. The van der Waals surface area contributed by atoms with Crippen LogP contribution in [0.3, 0.4) is 0 Å². The minimum atomic E-state index is -0.0902. The molecule has 0 spiro atoms. The number of aromatic nitrogens is 2. The molecule has 2 aromatic carbocycles. The Morgan fingerprint density at radius 2 is 1.93 bits per heavy atom. The van der Waals surface area contributed by atoms with Gasteiger partial charge in [0.2, 0.25) is 5.95 Å². The van der Waals surface area contributed by atoms with E-state index >= 15 is 0 Å². The molecular formula is C36H42N4O2. The van der Waals surface area contributed by atoms with E-state index in [0.717, 1.165) is 52.0 Å². The summed E-state index contributed by atoms with van der Waals surface area (Å²) in [5.74, 6) is 5.54. The van der Waals surface area contributed by atoms with Gasteiger partial charge in [0.25, 0.3) is 0 Å². The second-order valence-electron chi connectivity index (χ2n) is 11.2. The molecule has 1 aliphatic heterocycles. The quantitative estimate of drug-likeness (QED) is 0.145. The van der Waals surface area contributed by atoms with Crippen LogP contribution >= 0.6 is 0 Å². The number of benzene rings is 2. The molecule has 218 valence electrons. The van der Waals surface area contributed by atoms with E-state index in [-0.39, 0.29) is 18.6 Å². The van der Waals surface area contributed by atoms with E-state index in [1.807, 2.05) is 38.1 Å². The van der Waals surface area contributed by atoms with Crippen LogP contribution < -0.4 is 15.0 Å². The van der Waals surface area contributed by atoms with Gasteiger partial charge in [0.15, 0.2) is 0 Å². The third-order valence-electron chi connectivity index (χ3n) is 8.67. The molecule has 0 radical (unpaired) electrons. The van der Waals surface area contributed by atoms with Crippen molar-refractivity contribution in [3.63, 3.8) is 0 Å². The van der Waals surface area contributed by atoms with Crippen LogP contribution in [0.1, 0.15) is 69.0 Å². The topological polar surface area (TPSA) is 70.5 Å². The zero-order valence-electron chi connectivity index (χ0n) is 25.0. The summed E-state index contributed by atoms with van der Waals surface area (Å²) < 4.78 is 6.34. The third-order valence-corrected chi connectivity index (χ3v) is 8.67. The number of aliphatic hydroxyl groups is 1. The second-order valence-corrected chi connectivity index (χ2v) is 11.2. The molecule has 2 heterocycles. The number of hydrogen-bond acceptors (Lipinski definition) is 6. The molecule has 2 atom stereocenters. The smallest absolute Gasteiger partial charge is 0.225 e. The molecule has 3 aromatic rings. The highest BCUT2D eigenvalue weighted by Gasteiger charge is 2.37. The molecule has 5 rings (SSSR count). The summed E-state index contributed by atoms with van der Waals surface area (Å²) in [5.41, 5.74) is 5.54. The number of allylic oxidation sites excluding steroid dienone is 4. The highest BCUT2D eigenvalue weighted by molar-refractivity contribution is 5.90. The van der Waals surface area contributed by atoms with Crippen LogP contribution in [0.15, 0.2) is 77.9 Å². The average Bonchev–Trinajstić information content (AvgIpc) is 2.99. The van der Waals surface area contributed by atoms with Gasteiger partial charge in [0.05, 0.1) is 24.8 Å². The van der Waals surface area contributed by atoms with Gasteiger partial charge in [-0.2, -0.15) is 4.98 Å². The first-order chi connectivity index (χ1) is 20.6. The van der Waals surface area contributed by atoms with Crippen molar-refractivity contribution in [2.75, 3.05) is 37.0 Å². The van der Waals surface area contributed by atoms with Crippen molar-refractivity contribution >= 4 is 22.7 Å². The van der Waals surface area contributed by atoms with Gasteiger partial charge in [-0.15, -0.1) is 6.42 Å². The average molecular weight is 563 g/mol. The van der Waals surface area contributed by atoms with E-state index < -0.39 is 0 Å². The molecule has 1 aliphatic carbocycles. The van der Waals surface area contributed by atoms with Crippen LogP contribution in [0.25, 0.3) is 10.9 Å². The number of anilines is 2. The Morgan fingerprint density at radius 3 is 2.64 bits per heavy atom. The summed E-state index contributed by atoms with van der Waals surface area (Å²) in [7, 11) is 2.07. The molecule has 0 bridgehead atoms. The third kappa shape index (κ3) is 6.07. The highest BCUT2D eigenvalue weighted by Crippen LogP contribution is 2.48. The lowest BCUT2D eigenvalue weighted by Crippen LogP contribution is -2.39. The number of nitrogens with zero attached hydrogens (tertiary/aromatic N) is 3. The van der Waals surface area contributed by atoms with E-state index in [2.05, 4.69) is 65.7 Å². The Morgan fingerprint density at radius 1 is 1.12 bits per heavy atom. The van der Waals surface area contributed by atoms with Crippen LogP contribution in [0.4, 0.5) is 11.8 Å². The largest absolute Gasteiger partial charge is 0.492 e. The number of fused-ring (bicyclic) bond motifs is 2. The molecule has 2 unspecified atom stereocenters. The van der Waals surface area contributed by atoms with E-state index in [4.69, 9.17) is 21.1 Å². The molecule has 1 aromatic heterocycles. The number of rotatable bonds is 11. The SMILES string of the molecule is C#C/C=C(CC/C=C/C)\C(=C/C)CNc1nc(N(C)C2c3cccc(C4CCC4)c3OCC2CO)c2ccccc2n1. The molecule has 42 heavy (non-hydrogen) atoms. The number of aliphatic hydroxyl groups excluding tert-OH is 1. The van der Waals surface area contributed by atoms with Gasteiger partial charge >= 0.3 is 0 Å². The van der Waals surface area contributed by atoms with E-state index in [1.54, 1.807) is 0 Å². The number of hydrogen-bond donors (Lipinski definition) is 2. The van der Waals surface area contributed by atoms with Gasteiger partial charge in [-0.1, -0.05) is 60.9 Å². The molecule has 0 saturated heterocycles. The first kappa shape index (κ1) is 29.4. The fourth-order valence-corrected chi connectivity index (χ4v) is 6.17. The van der Waals surface area contributed by atoms with Gasteiger partial charge in [0.1, 0.15) is 11.6 Å². The minimum absolute atomic E-state index is 0.0262. The van der Waals surface area contributed by atoms with Crippen molar-refractivity contribution in [1.29, 1.82) is 0 Å². The summed E-state index contributed by atoms with van der Waals surface area (Å²) in [6, 6.07) is 14.5. The number of nitrogens with one attached hydrogen (secondary N) is 1. The number of para-hydroxylation sites is 2. The van der Waals surface area contributed by atoms with E-state index in [1.165, 1.54) is 24.8 Å². The molecule has 2 aliphatic rings. The van der Waals surface area contributed by atoms with Crippen molar-refractivity contribution in [3.05, 3.63) is 89.0 Å². The standard InChI is InChI=1S/C36H42N4O2/c1-5-8-9-15-26(14-6-2)25(7-3)22-37-36-38-32-21-11-10-18-30(32)35(39-36)40(4)33-28(23-41)24-42-34-29(27-16-12-17-27)19-13-20-31(33)34/h2,5,7-8,10-11,13-14,18-21,27-28,33,41H,9,12,15-17,22-24H2,1,3-4H3,(H,37,38,39)/b8-5+,25-7-,26-14-. The molecule has 0 amide bonds. The molecule has 6 heteroatoms. The maximum Gasteiger partial charge on any atom is 0.225 e. The van der Waals surface area contributed by atoms with Crippen molar-refractivity contribution in [2.24, 2.45) is 5.92 Å². The normalized spacial score (nSPS) is 19.2. The van der Waals surface area contributed by atoms with Gasteiger partial charge < -0.3 is 20.1 Å². The zero-order valence-corrected chi connectivity index (χ0v) is 25.0. The first-order valence-electron chi connectivity index (χ1n) is 15.1. The summed E-state index contributed by atoms with van der Waals surface area (Å²) >= 11 is 0. The lowest BCUT2D eigenvalue weighted by Gasteiger charge is -2.41. The van der Waals surface area contributed by atoms with Crippen LogP contribution in [0, 0.1) is 18.3 Å². The van der Waals surface area contributed by atoms with Gasteiger partial charge in [-0.05, 0) is 80.4 Å². The molecule has 6 nitrogen and oxygen atoms in total. The summed E-state index contributed by atoms with van der Waals surface area (Å²) in [4.78, 5) is 12.1. The lowest BCUT2D eigenvalue weighted by atomic mass is 9.77. The van der Waals surface area contributed by atoms with E-state index in [9.17, 15) is 5.11 Å². The predicted octanol–water partition coefficient (Wildman–Crippen LogP) is 7.35. The number of terminal acetylenes is 1. The van der Waals surface area contributed by atoms with Gasteiger partial charge in [0, 0.05) is 30.5 Å². The Bertz CT molecular complexity index is 1530. The van der Waals surface area contributed by atoms with Gasteiger partial charge in [-0.3, -0.25) is 0 Å². The fourth-order valence-electron chi connectivity index (χ4n) is 6.17. The Balaban J connectivity index is 1.48. The lowest BCUT2D eigenvalue weighted by molar-refractivity contribution is 0.120. The zero-order chi connectivity index (χ0) is 29.5. The van der Waals surface area contributed by atoms with Crippen LogP contribution in [0.2, 0.25) is 0 Å². The van der Waals surface area contributed by atoms with Crippen LogP contribution in [0.5, 0.6) is 5.75 Å². The second kappa shape index (κ2) is 13.7. The summed E-state index contributed by atoms with van der Waals surface area (Å²) in [6.45, 7) is 5.12. The first-order valence-corrected chi connectivity index (χ1v) is 15.1. The Hall–Kier alpha value is -4.08. The van der Waals surface area contributed by atoms with E-state index in [0.29, 0.717) is 25.0 Å². The van der Waals surface area contributed by atoms with Crippen molar-refractivity contribution in [2.45, 2.75) is 57.9 Å². The Kier molecular flexibility index (Phi) is 9.61. The van der Waals surface area contributed by atoms with Crippen LogP contribution in [-0.4, -0.2) is 41.9 Å². The molecule has 2 N–H and O–H groups in total. The van der Waals surface area contributed by atoms with Crippen molar-refractivity contribution < 1.29 is 9.84 Å². The summed E-state index contributed by atoms with van der Waals surface area (Å²) in [6.07, 6.45) is 19.3.